The van der Waals surface area contributed by atoms with Crippen LogP contribution in [0.1, 0.15) is 5.56 Å². The van der Waals surface area contributed by atoms with E-state index >= 15 is 0 Å². The molecule has 2 aromatic rings. The van der Waals surface area contributed by atoms with Crippen LogP contribution in [-0.4, -0.2) is 0 Å². The summed E-state index contributed by atoms with van der Waals surface area (Å²) in [6, 6.07) is 9.44. The zero-order valence-electron chi connectivity index (χ0n) is 9.29. The van der Waals surface area contributed by atoms with Crippen LogP contribution in [0.15, 0.2) is 40.9 Å². The van der Waals surface area contributed by atoms with Crippen molar-refractivity contribution in [2.45, 2.75) is 6.61 Å². The van der Waals surface area contributed by atoms with Gasteiger partial charge in [-0.05, 0) is 24.3 Å². The molecule has 0 atom stereocenters. The molecule has 2 aromatic carbocycles. The minimum Gasteiger partial charge on any atom is -0.487 e. The molecular weight excluding hydrogens is 321 g/mol. The van der Waals surface area contributed by atoms with Crippen molar-refractivity contribution in [3.05, 3.63) is 57.3 Å². The summed E-state index contributed by atoms with van der Waals surface area (Å²) in [6.45, 7) is 0.282. The summed E-state index contributed by atoms with van der Waals surface area (Å²) in [5.74, 6) is 0.209. The lowest BCUT2D eigenvalue weighted by molar-refractivity contribution is 0.305. The molecule has 0 saturated carbocycles. The second kappa shape index (κ2) is 5.59. The first kappa shape index (κ1) is 13.2. The first-order chi connectivity index (χ1) is 8.56. The van der Waals surface area contributed by atoms with Crippen molar-refractivity contribution in [3.8, 4) is 5.75 Å². The average molecular weight is 331 g/mol. The second-order valence-electron chi connectivity index (χ2n) is 3.71. The molecule has 2 rings (SSSR count). The van der Waals surface area contributed by atoms with Crippen LogP contribution in [0.5, 0.6) is 5.75 Å². The Kier molecular flexibility index (Phi) is 4.09. The van der Waals surface area contributed by atoms with Crippen LogP contribution >= 0.6 is 27.5 Å². The lowest BCUT2D eigenvalue weighted by Crippen LogP contribution is -1.98. The summed E-state index contributed by atoms with van der Waals surface area (Å²) >= 11 is 9.25. The quantitative estimate of drug-likeness (QED) is 0.846. The van der Waals surface area contributed by atoms with E-state index in [-0.39, 0.29) is 12.4 Å². The maximum Gasteiger partial charge on any atom is 0.140 e. The van der Waals surface area contributed by atoms with Gasteiger partial charge in [0.25, 0.3) is 0 Å². The van der Waals surface area contributed by atoms with Crippen molar-refractivity contribution in [2.24, 2.45) is 0 Å². The predicted molar refractivity (Wildman–Crippen MR) is 74.3 cm³/mol. The lowest BCUT2D eigenvalue weighted by atomic mass is 10.2. The van der Waals surface area contributed by atoms with Crippen molar-refractivity contribution in [1.82, 2.24) is 0 Å². The molecule has 0 heterocycles. The van der Waals surface area contributed by atoms with Crippen molar-refractivity contribution < 1.29 is 9.13 Å². The van der Waals surface area contributed by atoms with Gasteiger partial charge in [0.05, 0.1) is 5.02 Å². The Labute approximate surface area is 118 Å². The van der Waals surface area contributed by atoms with Gasteiger partial charge in [-0.3, -0.25) is 0 Å². The van der Waals surface area contributed by atoms with E-state index in [0.29, 0.717) is 20.9 Å². The third-order valence-electron chi connectivity index (χ3n) is 2.35. The molecule has 5 heteroatoms. The summed E-state index contributed by atoms with van der Waals surface area (Å²) in [4.78, 5) is 0. The van der Waals surface area contributed by atoms with Crippen LogP contribution in [0.3, 0.4) is 0 Å². The highest BCUT2D eigenvalue weighted by atomic mass is 79.9. The summed E-state index contributed by atoms with van der Waals surface area (Å²) in [7, 11) is 0. The molecule has 0 amide bonds. The molecule has 0 aliphatic carbocycles. The van der Waals surface area contributed by atoms with Crippen LogP contribution < -0.4 is 10.5 Å². The number of nitrogens with two attached hydrogens (primary N) is 1. The summed E-state index contributed by atoms with van der Waals surface area (Å²) in [5.41, 5.74) is 7.05. The van der Waals surface area contributed by atoms with Gasteiger partial charge in [-0.15, -0.1) is 0 Å². The monoisotopic (exact) mass is 329 g/mol. The predicted octanol–water partition coefficient (Wildman–Crippen LogP) is 4.40. The normalized spacial score (nSPS) is 10.4. The van der Waals surface area contributed by atoms with E-state index in [0.717, 1.165) is 5.56 Å². The molecule has 0 saturated heterocycles. The molecule has 0 bridgehead atoms. The fourth-order valence-corrected chi connectivity index (χ4v) is 2.06. The number of hydrogen-bond donors (Lipinski definition) is 1. The topological polar surface area (TPSA) is 35.2 Å². The van der Waals surface area contributed by atoms with Gasteiger partial charge in [0.2, 0.25) is 0 Å². The van der Waals surface area contributed by atoms with Gasteiger partial charge in [0, 0.05) is 21.8 Å². The number of hydrogen-bond acceptors (Lipinski definition) is 2. The van der Waals surface area contributed by atoms with E-state index in [4.69, 9.17) is 22.1 Å². The summed E-state index contributed by atoms with van der Waals surface area (Å²) in [6.07, 6.45) is 0. The van der Waals surface area contributed by atoms with Gasteiger partial charge in [0.15, 0.2) is 0 Å². The van der Waals surface area contributed by atoms with Crippen LogP contribution in [0.4, 0.5) is 10.1 Å². The molecule has 18 heavy (non-hydrogen) atoms. The standard InChI is InChI=1S/C13H10BrClFNO/c14-11-5-9(16)2-1-8(11)7-18-13-6-10(17)3-4-12(13)15/h1-6H,7,17H2. The molecule has 2 N–H and O–H groups in total. The molecule has 2 nitrogen and oxygen atoms in total. The zero-order chi connectivity index (χ0) is 13.1. The van der Waals surface area contributed by atoms with Crippen molar-refractivity contribution in [1.29, 1.82) is 0 Å². The molecule has 0 aliphatic heterocycles. The van der Waals surface area contributed by atoms with Gasteiger partial charge < -0.3 is 10.5 Å². The fraction of sp³-hybridized carbons (Fsp3) is 0.0769. The first-order valence-corrected chi connectivity index (χ1v) is 6.35. The number of anilines is 1. The second-order valence-corrected chi connectivity index (χ2v) is 4.98. The third-order valence-corrected chi connectivity index (χ3v) is 3.40. The van der Waals surface area contributed by atoms with E-state index in [1.54, 1.807) is 24.3 Å². The number of halogens is 3. The van der Waals surface area contributed by atoms with Crippen molar-refractivity contribution in [2.75, 3.05) is 5.73 Å². The van der Waals surface area contributed by atoms with Crippen LogP contribution in [-0.2, 0) is 6.61 Å². The summed E-state index contributed by atoms with van der Waals surface area (Å²) in [5, 5.41) is 0.488. The highest BCUT2D eigenvalue weighted by Crippen LogP contribution is 2.28. The largest absolute Gasteiger partial charge is 0.487 e. The average Bonchev–Trinajstić information content (AvgIpc) is 2.32. The Hall–Kier alpha value is -1.26. The molecule has 0 aromatic heterocycles. The molecule has 0 radical (unpaired) electrons. The molecule has 0 spiro atoms. The number of nitrogen functional groups attached to an aromatic ring is 1. The van der Waals surface area contributed by atoms with Crippen LogP contribution in [0.25, 0.3) is 0 Å². The Morgan fingerprint density at radius 1 is 1.22 bits per heavy atom. The molecule has 94 valence electrons. The first-order valence-electron chi connectivity index (χ1n) is 5.18. The third kappa shape index (κ3) is 3.15. The maximum absolute atomic E-state index is 12.9. The van der Waals surface area contributed by atoms with Gasteiger partial charge >= 0.3 is 0 Å². The van der Waals surface area contributed by atoms with E-state index in [2.05, 4.69) is 15.9 Å². The number of rotatable bonds is 3. The Balaban J connectivity index is 2.13. The Bertz CT molecular complexity index is 577. The molecular formula is C13H10BrClFNO. The summed E-state index contributed by atoms with van der Waals surface area (Å²) < 4.78 is 19.1. The van der Waals surface area contributed by atoms with E-state index < -0.39 is 0 Å². The van der Waals surface area contributed by atoms with Gasteiger partial charge in [-0.1, -0.05) is 33.6 Å². The van der Waals surface area contributed by atoms with Crippen LogP contribution in [0, 0.1) is 5.82 Å². The Morgan fingerprint density at radius 3 is 2.72 bits per heavy atom. The Morgan fingerprint density at radius 2 is 2.00 bits per heavy atom. The van der Waals surface area contributed by atoms with Crippen molar-refractivity contribution in [3.63, 3.8) is 0 Å². The van der Waals surface area contributed by atoms with Gasteiger partial charge in [0.1, 0.15) is 18.2 Å². The van der Waals surface area contributed by atoms with E-state index in [1.807, 2.05) is 0 Å². The highest BCUT2D eigenvalue weighted by Gasteiger charge is 2.05. The van der Waals surface area contributed by atoms with Crippen LogP contribution in [0.2, 0.25) is 5.02 Å². The van der Waals surface area contributed by atoms with Crippen molar-refractivity contribution >= 4 is 33.2 Å². The highest BCUT2D eigenvalue weighted by molar-refractivity contribution is 9.10. The minimum absolute atomic E-state index is 0.282. The smallest absolute Gasteiger partial charge is 0.140 e. The maximum atomic E-state index is 12.9. The van der Waals surface area contributed by atoms with Gasteiger partial charge in [-0.2, -0.15) is 0 Å². The lowest BCUT2D eigenvalue weighted by Gasteiger charge is -2.10. The minimum atomic E-state index is -0.299. The van der Waals surface area contributed by atoms with Gasteiger partial charge in [-0.25, -0.2) is 4.39 Å². The SMILES string of the molecule is Nc1ccc(Cl)c(OCc2ccc(F)cc2Br)c1. The molecule has 0 aliphatic rings. The van der Waals surface area contributed by atoms with E-state index in [9.17, 15) is 4.39 Å². The van der Waals surface area contributed by atoms with E-state index in [1.165, 1.54) is 12.1 Å². The molecule has 0 unspecified atom stereocenters. The fourth-order valence-electron chi connectivity index (χ4n) is 1.42. The number of ether oxygens (including phenoxy) is 1. The zero-order valence-corrected chi connectivity index (χ0v) is 11.6. The molecule has 0 fully saturated rings. The number of benzene rings is 2.